The minimum absolute atomic E-state index is 0. The second kappa shape index (κ2) is 6.43. The molecule has 2 rings (SSSR count). The molecule has 0 heterocycles. The third-order valence-electron chi connectivity index (χ3n) is 2.54. The second-order valence-electron chi connectivity index (χ2n) is 3.98. The Hall–Kier alpha value is -1.01. The topological polar surface area (TPSA) is 49.7 Å². The Morgan fingerprint density at radius 1 is 1.21 bits per heavy atom. The van der Waals surface area contributed by atoms with Crippen LogP contribution in [0.15, 0.2) is 46.9 Å². The van der Waals surface area contributed by atoms with Gasteiger partial charge in [0.15, 0.2) is 0 Å². The summed E-state index contributed by atoms with van der Waals surface area (Å²) in [6.07, 6.45) is 0. The average molecular weight is 345 g/mol. The van der Waals surface area contributed by atoms with Gasteiger partial charge in [-0.3, -0.25) is 0 Å². The summed E-state index contributed by atoms with van der Waals surface area (Å²) in [5.41, 5.74) is 1.34. The van der Waals surface area contributed by atoms with Crippen LogP contribution in [0.2, 0.25) is 5.02 Å². The molecule has 19 heavy (non-hydrogen) atoms. The third kappa shape index (κ3) is 3.98. The van der Waals surface area contributed by atoms with Gasteiger partial charge in [0.2, 0.25) is 0 Å². The molecule has 0 radical (unpaired) electrons. The lowest BCUT2D eigenvalue weighted by molar-refractivity contribution is 0.306. The van der Waals surface area contributed by atoms with E-state index in [1.54, 1.807) is 12.1 Å². The minimum atomic E-state index is -1.53. The first-order valence-corrected chi connectivity index (χ1v) is 6.76. The second-order valence-corrected chi connectivity index (χ2v) is 5.30. The maximum atomic E-state index is 9.03. The summed E-state index contributed by atoms with van der Waals surface area (Å²) in [5, 5.41) is 18.4. The maximum Gasteiger partial charge on any atom is 0.488 e. The summed E-state index contributed by atoms with van der Waals surface area (Å²) in [5.74, 6) is 0.506. The molecule has 102 valence electrons. The molecule has 3 nitrogen and oxygen atoms in total. The fourth-order valence-corrected chi connectivity index (χ4v) is 2.27. The molecule has 0 atom stereocenters. The number of ether oxygens (including phenoxy) is 1. The summed E-state index contributed by atoms with van der Waals surface area (Å²) < 4.78 is 6.58. The quantitative estimate of drug-likeness (QED) is 0.838. The summed E-state index contributed by atoms with van der Waals surface area (Å²) in [4.78, 5) is 0. The van der Waals surface area contributed by atoms with Crippen molar-refractivity contribution in [3.8, 4) is 5.75 Å². The minimum Gasteiger partial charge on any atom is -0.487 e. The van der Waals surface area contributed by atoms with E-state index >= 15 is 0 Å². The van der Waals surface area contributed by atoms with Gasteiger partial charge in [0.1, 0.15) is 12.4 Å². The lowest BCUT2D eigenvalue weighted by atomic mass is 9.80. The Morgan fingerprint density at radius 2 is 2.00 bits per heavy atom. The monoisotopic (exact) mass is 344 g/mol. The fraction of sp³-hybridized carbons (Fsp3) is 0.0769. The van der Waals surface area contributed by atoms with Gasteiger partial charge in [-0.2, -0.15) is 0 Å². The van der Waals surface area contributed by atoms with Crippen molar-refractivity contribution in [2.45, 2.75) is 6.61 Å². The van der Waals surface area contributed by atoms with Crippen molar-refractivity contribution >= 4 is 40.1 Å². The fourth-order valence-electron chi connectivity index (χ4n) is 1.58. The van der Waals surface area contributed by atoms with E-state index in [4.69, 9.17) is 26.4 Å². The van der Waals surface area contributed by atoms with Gasteiger partial charge in [-0.05, 0) is 35.3 Å². The Kier molecular flexibility index (Phi) is 4.88. The van der Waals surface area contributed by atoms with Crippen LogP contribution in [0.1, 0.15) is 8.42 Å². The van der Waals surface area contributed by atoms with E-state index in [1.807, 2.05) is 24.3 Å². The molecule has 0 spiro atoms. The highest BCUT2D eigenvalue weighted by Gasteiger charge is 2.13. The summed E-state index contributed by atoms with van der Waals surface area (Å²) >= 11 is 9.41. The van der Waals surface area contributed by atoms with Crippen molar-refractivity contribution in [1.29, 1.82) is 0 Å². The van der Waals surface area contributed by atoms with Crippen LogP contribution in [0, 0.1) is 0 Å². The van der Waals surface area contributed by atoms with E-state index in [0.29, 0.717) is 22.8 Å². The molecule has 0 fully saturated rings. The zero-order valence-corrected chi connectivity index (χ0v) is 12.2. The van der Waals surface area contributed by atoms with Gasteiger partial charge in [0.25, 0.3) is 0 Å². The van der Waals surface area contributed by atoms with Gasteiger partial charge in [0, 0.05) is 7.33 Å². The number of hydrogen-bond acceptors (Lipinski definition) is 3. The smallest absolute Gasteiger partial charge is 0.487 e. The van der Waals surface area contributed by atoms with E-state index in [9.17, 15) is 0 Å². The third-order valence-corrected chi connectivity index (χ3v) is 3.33. The Labute approximate surface area is 128 Å². The largest absolute Gasteiger partial charge is 0.488 e. The zero-order valence-electron chi connectivity index (χ0n) is 9.88. The predicted molar refractivity (Wildman–Crippen MR) is 84.0 cm³/mol. The summed E-state index contributed by atoms with van der Waals surface area (Å²) in [7, 11) is -1.53. The molecule has 0 saturated heterocycles. The molecule has 2 aromatic carbocycles. The zero-order chi connectivity index (χ0) is 13.8. The van der Waals surface area contributed by atoms with Crippen LogP contribution in [0.3, 0.4) is 0 Å². The molecule has 0 bridgehead atoms. The van der Waals surface area contributed by atoms with E-state index in [-0.39, 0.29) is 2.85 Å². The van der Waals surface area contributed by atoms with E-state index < -0.39 is 7.12 Å². The average Bonchev–Trinajstić information content (AvgIpc) is 2.37. The van der Waals surface area contributed by atoms with E-state index in [2.05, 4.69) is 15.9 Å². The van der Waals surface area contributed by atoms with Crippen LogP contribution in [0.5, 0.6) is 5.75 Å². The maximum absolute atomic E-state index is 9.03. The van der Waals surface area contributed by atoms with Crippen molar-refractivity contribution in [2.24, 2.45) is 0 Å². The summed E-state index contributed by atoms with van der Waals surface area (Å²) in [6, 6.07) is 12.4. The SMILES string of the molecule is OB(O)c1ccc(OCc2cccc(Br)c2)c(Cl)c1.[HH].[HH]. The van der Waals surface area contributed by atoms with Crippen LogP contribution in [0.25, 0.3) is 0 Å². The highest BCUT2D eigenvalue weighted by atomic mass is 79.9. The van der Waals surface area contributed by atoms with Crippen molar-refractivity contribution in [1.82, 2.24) is 0 Å². The standard InChI is InChI=1S/C13H11BBrClO3.2H2/c15-11-3-1-2-9(6-11)8-19-13-5-4-10(14(17)18)7-12(13)16;;/h1-7,17-18H,8H2;2*1H. The molecule has 0 aliphatic heterocycles. The van der Waals surface area contributed by atoms with E-state index in [0.717, 1.165) is 10.0 Å². The highest BCUT2D eigenvalue weighted by Crippen LogP contribution is 2.24. The van der Waals surface area contributed by atoms with Crippen LogP contribution in [-0.4, -0.2) is 17.2 Å². The van der Waals surface area contributed by atoms with Crippen molar-refractivity contribution in [3.63, 3.8) is 0 Å². The van der Waals surface area contributed by atoms with E-state index in [1.165, 1.54) is 6.07 Å². The Morgan fingerprint density at radius 3 is 2.63 bits per heavy atom. The number of halogens is 2. The first kappa shape index (κ1) is 14.4. The molecule has 0 aliphatic carbocycles. The molecular weight excluding hydrogens is 330 g/mol. The van der Waals surface area contributed by atoms with Gasteiger partial charge in [-0.25, -0.2) is 0 Å². The van der Waals surface area contributed by atoms with Crippen molar-refractivity contribution < 1.29 is 17.6 Å². The molecular formula is C13H15BBrClO3. The molecule has 0 aromatic heterocycles. The van der Waals surface area contributed by atoms with Crippen LogP contribution >= 0.6 is 27.5 Å². The molecule has 0 amide bonds. The molecule has 6 heteroatoms. The van der Waals surface area contributed by atoms with Gasteiger partial charge in [-0.1, -0.05) is 45.7 Å². The van der Waals surface area contributed by atoms with Crippen molar-refractivity contribution in [3.05, 3.63) is 57.5 Å². The van der Waals surface area contributed by atoms with Gasteiger partial charge in [0.05, 0.1) is 5.02 Å². The number of benzene rings is 2. The van der Waals surface area contributed by atoms with Crippen molar-refractivity contribution in [2.75, 3.05) is 0 Å². The van der Waals surface area contributed by atoms with Crippen LogP contribution in [-0.2, 0) is 6.61 Å². The van der Waals surface area contributed by atoms with Gasteiger partial charge >= 0.3 is 7.12 Å². The van der Waals surface area contributed by atoms with Crippen LogP contribution in [0.4, 0.5) is 0 Å². The lowest BCUT2D eigenvalue weighted by Gasteiger charge is -2.09. The highest BCUT2D eigenvalue weighted by molar-refractivity contribution is 9.10. The molecule has 2 N–H and O–H groups in total. The molecule has 0 saturated carbocycles. The van der Waals surface area contributed by atoms with Gasteiger partial charge in [-0.15, -0.1) is 0 Å². The Bertz CT molecular complexity index is 587. The Balaban J connectivity index is 0.00000200. The number of rotatable bonds is 4. The summed E-state index contributed by atoms with van der Waals surface area (Å²) in [6.45, 7) is 0.389. The normalized spacial score (nSPS) is 10.3. The number of hydrogen-bond donors (Lipinski definition) is 2. The van der Waals surface area contributed by atoms with Crippen LogP contribution < -0.4 is 10.2 Å². The predicted octanol–water partition coefficient (Wildman–Crippen LogP) is 2.85. The lowest BCUT2D eigenvalue weighted by Crippen LogP contribution is -2.29. The molecule has 0 unspecified atom stereocenters. The first-order valence-electron chi connectivity index (χ1n) is 5.59. The molecule has 2 aromatic rings. The first-order chi connectivity index (χ1) is 9.06. The molecule has 0 aliphatic rings. The van der Waals surface area contributed by atoms with Gasteiger partial charge < -0.3 is 14.8 Å².